The molecule has 32 heavy (non-hydrogen) atoms. The van der Waals surface area contributed by atoms with Gasteiger partial charge in [-0.1, -0.05) is 29.8 Å². The molecule has 164 valence electrons. The van der Waals surface area contributed by atoms with E-state index in [2.05, 4.69) is 15.0 Å². The molecular formula is C22H19ClN4O3S2. The number of nitrogens with zero attached hydrogens (tertiary/aromatic N) is 2. The highest BCUT2D eigenvalue weighted by Crippen LogP contribution is 2.26. The van der Waals surface area contributed by atoms with E-state index in [0.717, 1.165) is 16.5 Å². The Balaban J connectivity index is 1.58. The summed E-state index contributed by atoms with van der Waals surface area (Å²) in [5, 5.41) is 5.72. The summed E-state index contributed by atoms with van der Waals surface area (Å²) in [6, 6.07) is 14.4. The van der Waals surface area contributed by atoms with Gasteiger partial charge in [-0.3, -0.25) is 14.1 Å². The number of benzene rings is 2. The third-order valence-electron chi connectivity index (χ3n) is 4.81. The number of aromatic nitrogens is 2. The van der Waals surface area contributed by atoms with Crippen molar-refractivity contribution in [2.75, 3.05) is 10.0 Å². The fourth-order valence-electron chi connectivity index (χ4n) is 3.30. The lowest BCUT2D eigenvalue weighted by Gasteiger charge is -2.11. The lowest BCUT2D eigenvalue weighted by Crippen LogP contribution is -2.15. The van der Waals surface area contributed by atoms with Gasteiger partial charge in [-0.05, 0) is 50.2 Å². The van der Waals surface area contributed by atoms with Crippen molar-refractivity contribution in [3.63, 3.8) is 0 Å². The van der Waals surface area contributed by atoms with Gasteiger partial charge in [0.25, 0.3) is 15.9 Å². The van der Waals surface area contributed by atoms with Crippen LogP contribution in [0.4, 0.5) is 11.4 Å². The summed E-state index contributed by atoms with van der Waals surface area (Å²) in [5.41, 5.74) is 2.75. The molecule has 0 spiro atoms. The van der Waals surface area contributed by atoms with E-state index in [1.807, 2.05) is 23.8 Å². The lowest BCUT2D eigenvalue weighted by atomic mass is 10.2. The molecule has 0 bridgehead atoms. The largest absolute Gasteiger partial charge is 0.322 e. The standard InChI is InChI=1S/C22H19ClN4O3S2/c1-14-12-18(15(2)27(14)22-24-10-11-31-22)21(28)25-16-6-5-7-17(13-16)32(29,30)26-20-9-4-3-8-19(20)23/h3-13,26H,1-2H3,(H,25,28). The van der Waals surface area contributed by atoms with Gasteiger partial charge in [0.1, 0.15) is 0 Å². The third-order valence-corrected chi connectivity index (χ3v) is 7.26. The van der Waals surface area contributed by atoms with E-state index in [-0.39, 0.29) is 21.5 Å². The molecule has 0 saturated carbocycles. The molecule has 0 saturated heterocycles. The molecule has 2 aromatic heterocycles. The number of anilines is 2. The summed E-state index contributed by atoms with van der Waals surface area (Å²) in [7, 11) is -3.90. The Hall–Kier alpha value is -3.14. The number of aryl methyl sites for hydroxylation is 1. The van der Waals surface area contributed by atoms with Crippen LogP contribution >= 0.6 is 22.9 Å². The number of carbonyl (C=O) groups is 1. The van der Waals surface area contributed by atoms with Crippen molar-refractivity contribution in [3.8, 4) is 5.13 Å². The predicted octanol–water partition coefficient (Wildman–Crippen LogP) is 5.26. The third kappa shape index (κ3) is 4.40. The maximum atomic E-state index is 12.9. The monoisotopic (exact) mass is 486 g/mol. The van der Waals surface area contributed by atoms with E-state index in [9.17, 15) is 13.2 Å². The first kappa shape index (κ1) is 22.1. The molecule has 2 aromatic carbocycles. The molecule has 0 unspecified atom stereocenters. The molecule has 2 heterocycles. The maximum absolute atomic E-state index is 12.9. The molecule has 0 atom stereocenters. The van der Waals surface area contributed by atoms with Gasteiger partial charge < -0.3 is 5.32 Å². The molecule has 1 amide bonds. The lowest BCUT2D eigenvalue weighted by molar-refractivity contribution is 0.102. The first-order chi connectivity index (χ1) is 15.3. The van der Waals surface area contributed by atoms with Crippen LogP contribution in [0.3, 0.4) is 0 Å². The number of rotatable bonds is 6. The number of halogens is 1. The van der Waals surface area contributed by atoms with Crippen LogP contribution < -0.4 is 10.0 Å². The number of hydrogen-bond acceptors (Lipinski definition) is 5. The molecular weight excluding hydrogens is 468 g/mol. The Morgan fingerprint density at radius 3 is 2.59 bits per heavy atom. The number of amides is 1. The first-order valence-electron chi connectivity index (χ1n) is 9.54. The van der Waals surface area contributed by atoms with Crippen molar-refractivity contribution < 1.29 is 13.2 Å². The van der Waals surface area contributed by atoms with Crippen LogP contribution in [-0.4, -0.2) is 23.9 Å². The number of carbonyl (C=O) groups excluding carboxylic acids is 1. The Kier molecular flexibility index (Phi) is 6.05. The summed E-state index contributed by atoms with van der Waals surface area (Å²) in [5.74, 6) is -0.338. The number of hydrogen-bond donors (Lipinski definition) is 2. The van der Waals surface area contributed by atoms with E-state index >= 15 is 0 Å². The summed E-state index contributed by atoms with van der Waals surface area (Å²) < 4.78 is 30.0. The molecule has 0 aliphatic carbocycles. The quantitative estimate of drug-likeness (QED) is 0.389. The van der Waals surface area contributed by atoms with Crippen LogP contribution in [0.2, 0.25) is 5.02 Å². The van der Waals surface area contributed by atoms with Gasteiger partial charge in [0, 0.05) is 28.7 Å². The fourth-order valence-corrected chi connectivity index (χ4v) is 5.42. The molecule has 0 aliphatic heterocycles. The number of thiazole rings is 1. The fraction of sp³-hybridized carbons (Fsp3) is 0.0909. The molecule has 7 nitrogen and oxygen atoms in total. The van der Waals surface area contributed by atoms with Crippen LogP contribution in [0.15, 0.2) is 71.1 Å². The van der Waals surface area contributed by atoms with Crippen molar-refractivity contribution in [3.05, 3.63) is 88.1 Å². The Morgan fingerprint density at radius 2 is 1.88 bits per heavy atom. The van der Waals surface area contributed by atoms with Crippen molar-refractivity contribution in [2.45, 2.75) is 18.7 Å². The first-order valence-corrected chi connectivity index (χ1v) is 12.3. The van der Waals surface area contributed by atoms with Crippen LogP contribution in [0, 0.1) is 13.8 Å². The van der Waals surface area contributed by atoms with E-state index in [1.54, 1.807) is 48.7 Å². The Labute approximate surface area is 194 Å². The molecule has 0 fully saturated rings. The minimum atomic E-state index is -3.90. The van der Waals surface area contributed by atoms with Crippen molar-refractivity contribution in [2.24, 2.45) is 0 Å². The zero-order valence-electron chi connectivity index (χ0n) is 17.2. The molecule has 4 rings (SSSR count). The van der Waals surface area contributed by atoms with Gasteiger partial charge in [0.05, 0.1) is 21.2 Å². The number of para-hydroxylation sites is 1. The molecule has 2 N–H and O–H groups in total. The van der Waals surface area contributed by atoms with Crippen LogP contribution in [0.1, 0.15) is 21.7 Å². The van der Waals surface area contributed by atoms with E-state index in [0.29, 0.717) is 11.3 Å². The SMILES string of the molecule is Cc1cc(C(=O)Nc2cccc(S(=O)(=O)Nc3ccccc3Cl)c2)c(C)n1-c1nccs1. The molecule has 10 heteroatoms. The normalized spacial score (nSPS) is 11.3. The molecule has 4 aromatic rings. The minimum absolute atomic E-state index is 0.00322. The highest BCUT2D eigenvalue weighted by molar-refractivity contribution is 7.92. The van der Waals surface area contributed by atoms with Gasteiger partial charge in [0.15, 0.2) is 5.13 Å². The van der Waals surface area contributed by atoms with Gasteiger partial charge in [0.2, 0.25) is 0 Å². The van der Waals surface area contributed by atoms with Crippen LogP contribution in [0.5, 0.6) is 0 Å². The van der Waals surface area contributed by atoms with Crippen molar-refractivity contribution in [1.82, 2.24) is 9.55 Å². The Morgan fingerprint density at radius 1 is 1.09 bits per heavy atom. The smallest absolute Gasteiger partial charge is 0.262 e. The predicted molar refractivity (Wildman–Crippen MR) is 128 cm³/mol. The second kappa shape index (κ2) is 8.78. The molecule has 0 radical (unpaired) electrons. The molecule has 0 aliphatic rings. The Bertz CT molecular complexity index is 1400. The van der Waals surface area contributed by atoms with Crippen molar-refractivity contribution >= 4 is 50.2 Å². The van der Waals surface area contributed by atoms with Crippen LogP contribution in [-0.2, 0) is 10.0 Å². The van der Waals surface area contributed by atoms with E-state index in [4.69, 9.17) is 11.6 Å². The average molecular weight is 487 g/mol. The number of sulfonamides is 1. The average Bonchev–Trinajstić information content (AvgIpc) is 3.37. The number of nitrogens with one attached hydrogen (secondary N) is 2. The summed E-state index contributed by atoms with van der Waals surface area (Å²) in [6.07, 6.45) is 1.71. The summed E-state index contributed by atoms with van der Waals surface area (Å²) in [4.78, 5) is 17.3. The van der Waals surface area contributed by atoms with Gasteiger partial charge in [-0.2, -0.15) is 0 Å². The zero-order valence-corrected chi connectivity index (χ0v) is 19.6. The van der Waals surface area contributed by atoms with Gasteiger partial charge in [-0.15, -0.1) is 11.3 Å². The minimum Gasteiger partial charge on any atom is -0.322 e. The van der Waals surface area contributed by atoms with Gasteiger partial charge in [-0.25, -0.2) is 13.4 Å². The second-order valence-corrected chi connectivity index (χ2v) is 9.96. The van der Waals surface area contributed by atoms with Gasteiger partial charge >= 0.3 is 0 Å². The van der Waals surface area contributed by atoms with Crippen molar-refractivity contribution in [1.29, 1.82) is 0 Å². The second-order valence-electron chi connectivity index (χ2n) is 7.00. The van der Waals surface area contributed by atoms with E-state index in [1.165, 1.54) is 23.5 Å². The summed E-state index contributed by atoms with van der Waals surface area (Å²) in [6.45, 7) is 3.75. The topological polar surface area (TPSA) is 93.1 Å². The highest BCUT2D eigenvalue weighted by Gasteiger charge is 2.20. The summed E-state index contributed by atoms with van der Waals surface area (Å²) >= 11 is 7.54. The highest BCUT2D eigenvalue weighted by atomic mass is 35.5. The van der Waals surface area contributed by atoms with Crippen LogP contribution in [0.25, 0.3) is 5.13 Å². The zero-order chi connectivity index (χ0) is 22.9. The van der Waals surface area contributed by atoms with E-state index < -0.39 is 10.0 Å². The maximum Gasteiger partial charge on any atom is 0.262 e.